The Labute approximate surface area is 122 Å². The second-order valence-corrected chi connectivity index (χ2v) is 5.30. The second kappa shape index (κ2) is 5.65. The number of fused-ring (bicyclic) bond motifs is 1. The molecule has 0 unspecified atom stereocenters. The van der Waals surface area contributed by atoms with Gasteiger partial charge in [-0.05, 0) is 38.4 Å². The number of nitrogens with one attached hydrogen (secondary N) is 1. The molecule has 110 valence electrons. The number of rotatable bonds is 3. The van der Waals surface area contributed by atoms with Crippen LogP contribution >= 0.6 is 0 Å². The molecule has 0 bridgehead atoms. The quantitative estimate of drug-likeness (QED) is 0.693. The summed E-state index contributed by atoms with van der Waals surface area (Å²) in [5.74, 6) is 0.690. The topological polar surface area (TPSA) is 77.3 Å². The first-order chi connectivity index (χ1) is 10.1. The number of hydrogen-bond donors (Lipinski definition) is 1. The Morgan fingerprint density at radius 1 is 1.43 bits per heavy atom. The SMILES string of the molecule is Cc1cc2c(O[C@H]3CCCNC3)ccc([N+](=O)[O-])c2cn1. The summed E-state index contributed by atoms with van der Waals surface area (Å²) in [4.78, 5) is 14.9. The average molecular weight is 287 g/mol. The van der Waals surface area contributed by atoms with Gasteiger partial charge in [0.1, 0.15) is 11.9 Å². The van der Waals surface area contributed by atoms with E-state index in [0.717, 1.165) is 37.0 Å². The third-order valence-electron chi connectivity index (χ3n) is 3.72. The lowest BCUT2D eigenvalue weighted by Gasteiger charge is -2.24. The molecule has 1 aliphatic rings. The lowest BCUT2D eigenvalue weighted by Crippen LogP contribution is -2.37. The van der Waals surface area contributed by atoms with Crippen LogP contribution in [-0.4, -0.2) is 29.1 Å². The first kappa shape index (κ1) is 13.8. The summed E-state index contributed by atoms with van der Waals surface area (Å²) in [5.41, 5.74) is 0.876. The number of hydrogen-bond acceptors (Lipinski definition) is 5. The summed E-state index contributed by atoms with van der Waals surface area (Å²) in [6.07, 6.45) is 3.73. The zero-order chi connectivity index (χ0) is 14.8. The molecule has 6 heteroatoms. The van der Waals surface area contributed by atoms with Gasteiger partial charge in [-0.2, -0.15) is 0 Å². The van der Waals surface area contributed by atoms with E-state index in [4.69, 9.17) is 4.74 Å². The van der Waals surface area contributed by atoms with Crippen molar-refractivity contribution >= 4 is 16.5 Å². The first-order valence-corrected chi connectivity index (χ1v) is 7.06. The maximum atomic E-state index is 11.1. The van der Waals surface area contributed by atoms with Crippen molar-refractivity contribution in [3.63, 3.8) is 0 Å². The molecule has 21 heavy (non-hydrogen) atoms. The molecule has 0 amide bonds. The maximum Gasteiger partial charge on any atom is 0.279 e. The molecular formula is C15H17N3O3. The predicted molar refractivity (Wildman–Crippen MR) is 79.7 cm³/mol. The highest BCUT2D eigenvalue weighted by molar-refractivity contribution is 5.95. The lowest BCUT2D eigenvalue weighted by atomic mass is 10.1. The van der Waals surface area contributed by atoms with Crippen LogP contribution in [-0.2, 0) is 0 Å². The van der Waals surface area contributed by atoms with E-state index in [1.807, 2.05) is 13.0 Å². The van der Waals surface area contributed by atoms with Gasteiger partial charge in [0.2, 0.25) is 0 Å². The van der Waals surface area contributed by atoms with Gasteiger partial charge in [0.25, 0.3) is 5.69 Å². The largest absolute Gasteiger partial charge is 0.488 e. The van der Waals surface area contributed by atoms with E-state index < -0.39 is 0 Å². The minimum absolute atomic E-state index is 0.0617. The number of non-ortho nitro benzene ring substituents is 1. The molecule has 0 spiro atoms. The molecule has 6 nitrogen and oxygen atoms in total. The van der Waals surface area contributed by atoms with Crippen LogP contribution in [0.1, 0.15) is 18.5 Å². The summed E-state index contributed by atoms with van der Waals surface area (Å²) in [7, 11) is 0. The van der Waals surface area contributed by atoms with Crippen molar-refractivity contribution in [1.82, 2.24) is 10.3 Å². The van der Waals surface area contributed by atoms with Crippen molar-refractivity contribution in [3.05, 3.63) is 40.2 Å². The predicted octanol–water partition coefficient (Wildman–Crippen LogP) is 2.58. The van der Waals surface area contributed by atoms with E-state index in [9.17, 15) is 10.1 Å². The molecule has 1 aromatic carbocycles. The van der Waals surface area contributed by atoms with Crippen molar-refractivity contribution in [2.75, 3.05) is 13.1 Å². The van der Waals surface area contributed by atoms with Gasteiger partial charge < -0.3 is 10.1 Å². The summed E-state index contributed by atoms with van der Waals surface area (Å²) in [6, 6.07) is 5.02. The molecule has 0 aliphatic carbocycles. The van der Waals surface area contributed by atoms with Crippen molar-refractivity contribution in [1.29, 1.82) is 0 Å². The number of nitro groups is 1. The molecule has 1 aliphatic heterocycles. The Bertz CT molecular complexity index is 681. The Morgan fingerprint density at radius 3 is 3.00 bits per heavy atom. The number of aromatic nitrogens is 1. The molecule has 3 rings (SSSR count). The summed E-state index contributed by atoms with van der Waals surface area (Å²) < 4.78 is 6.05. The number of nitrogens with zero attached hydrogens (tertiary/aromatic N) is 2. The van der Waals surface area contributed by atoms with E-state index in [-0.39, 0.29) is 16.7 Å². The number of pyridine rings is 1. The zero-order valence-corrected chi connectivity index (χ0v) is 11.8. The van der Waals surface area contributed by atoms with Gasteiger partial charge in [-0.1, -0.05) is 0 Å². The summed E-state index contributed by atoms with van der Waals surface area (Å²) in [6.45, 7) is 3.69. The third-order valence-corrected chi connectivity index (χ3v) is 3.72. The molecule has 1 saturated heterocycles. The minimum Gasteiger partial charge on any atom is -0.488 e. The molecule has 1 aromatic heterocycles. The van der Waals surface area contributed by atoms with Gasteiger partial charge in [-0.15, -0.1) is 0 Å². The van der Waals surface area contributed by atoms with Crippen molar-refractivity contribution in [2.45, 2.75) is 25.9 Å². The van der Waals surface area contributed by atoms with E-state index in [0.29, 0.717) is 11.1 Å². The Balaban J connectivity index is 2.03. The maximum absolute atomic E-state index is 11.1. The number of aryl methyl sites for hydroxylation is 1. The fraction of sp³-hybridized carbons (Fsp3) is 0.400. The third kappa shape index (κ3) is 2.80. The van der Waals surface area contributed by atoms with Crippen molar-refractivity contribution in [2.24, 2.45) is 0 Å². The van der Waals surface area contributed by atoms with Gasteiger partial charge in [-0.25, -0.2) is 0 Å². The van der Waals surface area contributed by atoms with Crippen molar-refractivity contribution in [3.8, 4) is 5.75 Å². The summed E-state index contributed by atoms with van der Waals surface area (Å²) >= 11 is 0. The van der Waals surface area contributed by atoms with Crippen LogP contribution in [0.3, 0.4) is 0 Å². The normalized spacial score (nSPS) is 18.6. The highest BCUT2D eigenvalue weighted by atomic mass is 16.6. The van der Waals surface area contributed by atoms with Gasteiger partial charge in [0.15, 0.2) is 0 Å². The Kier molecular flexibility index (Phi) is 3.70. The van der Waals surface area contributed by atoms with E-state index in [1.165, 1.54) is 6.07 Å². The van der Waals surface area contributed by atoms with Crippen LogP contribution in [0.15, 0.2) is 24.4 Å². The van der Waals surface area contributed by atoms with Crippen LogP contribution in [0.2, 0.25) is 0 Å². The Morgan fingerprint density at radius 2 is 2.29 bits per heavy atom. The van der Waals surface area contributed by atoms with Crippen molar-refractivity contribution < 1.29 is 9.66 Å². The molecule has 2 aromatic rings. The molecule has 0 saturated carbocycles. The van der Waals surface area contributed by atoms with E-state index in [1.54, 1.807) is 12.3 Å². The molecular weight excluding hydrogens is 270 g/mol. The number of benzene rings is 1. The smallest absolute Gasteiger partial charge is 0.279 e. The van der Waals surface area contributed by atoms with Gasteiger partial charge in [0, 0.05) is 29.9 Å². The zero-order valence-electron chi connectivity index (χ0n) is 11.8. The monoisotopic (exact) mass is 287 g/mol. The standard InChI is InChI=1S/C15H17N3O3/c1-10-7-12-13(9-17-10)14(18(19)20)4-5-15(12)21-11-3-2-6-16-8-11/h4-5,7,9,11,16H,2-3,6,8H2,1H3/t11-/m0/s1. The molecule has 1 fully saturated rings. The fourth-order valence-electron chi connectivity index (χ4n) is 2.66. The molecule has 2 heterocycles. The fourth-order valence-corrected chi connectivity index (χ4v) is 2.66. The van der Waals surface area contributed by atoms with E-state index in [2.05, 4.69) is 10.3 Å². The molecule has 0 radical (unpaired) electrons. The van der Waals surface area contributed by atoms with Crippen LogP contribution in [0, 0.1) is 17.0 Å². The lowest BCUT2D eigenvalue weighted by molar-refractivity contribution is -0.383. The highest BCUT2D eigenvalue weighted by Crippen LogP contribution is 2.33. The Hall–Kier alpha value is -2.21. The first-order valence-electron chi connectivity index (χ1n) is 7.06. The molecule has 1 N–H and O–H groups in total. The number of piperidine rings is 1. The molecule has 1 atom stereocenters. The van der Waals surface area contributed by atoms with Gasteiger partial charge >= 0.3 is 0 Å². The number of ether oxygens (including phenoxy) is 1. The minimum atomic E-state index is -0.384. The highest BCUT2D eigenvalue weighted by Gasteiger charge is 2.19. The van der Waals surface area contributed by atoms with Gasteiger partial charge in [0.05, 0.1) is 10.3 Å². The van der Waals surface area contributed by atoms with E-state index >= 15 is 0 Å². The average Bonchev–Trinajstić information content (AvgIpc) is 2.48. The van der Waals surface area contributed by atoms with Crippen LogP contribution < -0.4 is 10.1 Å². The summed E-state index contributed by atoms with van der Waals surface area (Å²) in [5, 5.41) is 15.7. The second-order valence-electron chi connectivity index (χ2n) is 5.30. The van der Waals surface area contributed by atoms with Crippen LogP contribution in [0.5, 0.6) is 5.75 Å². The van der Waals surface area contributed by atoms with Crippen LogP contribution in [0.4, 0.5) is 5.69 Å². The van der Waals surface area contributed by atoms with Gasteiger partial charge in [-0.3, -0.25) is 15.1 Å². The van der Waals surface area contributed by atoms with Crippen LogP contribution in [0.25, 0.3) is 10.8 Å². The number of nitro benzene ring substituents is 1.